The Morgan fingerprint density at radius 1 is 1.06 bits per heavy atom. The van der Waals surface area contributed by atoms with Crippen molar-refractivity contribution in [1.82, 2.24) is 14.8 Å². The highest BCUT2D eigenvalue weighted by molar-refractivity contribution is 8.15. The number of aromatic nitrogens is 3. The lowest BCUT2D eigenvalue weighted by atomic mass is 10.1. The molecular weight excluding hydrogens is 654 g/mol. The molecule has 1 aliphatic rings. The van der Waals surface area contributed by atoms with Crippen molar-refractivity contribution in [3.8, 4) is 22.8 Å². The summed E-state index contributed by atoms with van der Waals surface area (Å²) in [6, 6.07) is 12.5. The van der Waals surface area contributed by atoms with Crippen molar-refractivity contribution >= 4 is 40.2 Å². The van der Waals surface area contributed by atoms with Gasteiger partial charge in [0.05, 0.1) is 29.4 Å². The number of thioether (sulfide) groups is 1. The number of hydrogen-bond donors (Lipinski definition) is 1. The van der Waals surface area contributed by atoms with E-state index >= 15 is 4.39 Å². The molecule has 1 fully saturated rings. The number of nitrogens with zero attached hydrogens (tertiary/aromatic N) is 5. The van der Waals surface area contributed by atoms with Crippen molar-refractivity contribution in [1.29, 1.82) is 0 Å². The molecule has 0 bridgehead atoms. The second kappa shape index (κ2) is 13.4. The Labute approximate surface area is 267 Å². The molecule has 1 N–H and O–H groups in total. The highest BCUT2D eigenvalue weighted by atomic mass is 32.2. The van der Waals surface area contributed by atoms with Crippen LogP contribution in [0.15, 0.2) is 72.0 Å². The van der Waals surface area contributed by atoms with Gasteiger partial charge in [-0.25, -0.2) is 18.9 Å². The van der Waals surface area contributed by atoms with Gasteiger partial charge in [0.25, 0.3) is 0 Å². The zero-order valence-electron chi connectivity index (χ0n) is 24.5. The van der Waals surface area contributed by atoms with E-state index in [2.05, 4.69) is 25.1 Å². The van der Waals surface area contributed by atoms with Crippen molar-refractivity contribution in [3.05, 3.63) is 83.9 Å². The van der Waals surface area contributed by atoms with Crippen molar-refractivity contribution in [2.45, 2.75) is 32.7 Å². The average molecular weight is 679 g/mol. The summed E-state index contributed by atoms with van der Waals surface area (Å²) in [6.45, 7) is 4.42. The van der Waals surface area contributed by atoms with E-state index in [0.717, 1.165) is 41.1 Å². The van der Waals surface area contributed by atoms with Gasteiger partial charge >= 0.3 is 18.3 Å². The Bertz CT molecular complexity index is 1830. The van der Waals surface area contributed by atoms with E-state index in [4.69, 9.17) is 4.74 Å². The van der Waals surface area contributed by atoms with E-state index in [1.807, 2.05) is 26.0 Å². The standard InChI is InChI=1S/C30H24F6N6O4S/c1-3-45-14-19-5-4-17(2)12-24(19)42-25(43)15-47-28(42)39-27(44)38-23-11-6-18(13-22(23)31)26-37-16-41(40-26)20-7-9-21(10-8-20)46-30(35,36)29(32,33)34/h4-13,16H,3,14-15H2,1-2H3,(H,38,44). The van der Waals surface area contributed by atoms with Crippen LogP contribution in [-0.4, -0.2) is 56.5 Å². The van der Waals surface area contributed by atoms with Crippen LogP contribution >= 0.6 is 11.8 Å². The highest BCUT2D eigenvalue weighted by Gasteiger charge is 2.61. The van der Waals surface area contributed by atoms with Crippen LogP contribution in [0.5, 0.6) is 5.75 Å². The Morgan fingerprint density at radius 3 is 2.49 bits per heavy atom. The van der Waals surface area contributed by atoms with Crippen molar-refractivity contribution in [2.75, 3.05) is 22.6 Å². The van der Waals surface area contributed by atoms with Gasteiger partial charge in [0.15, 0.2) is 11.0 Å². The molecule has 0 unspecified atom stereocenters. The van der Waals surface area contributed by atoms with Gasteiger partial charge in [0.1, 0.15) is 17.9 Å². The Kier molecular flexibility index (Phi) is 9.58. The van der Waals surface area contributed by atoms with E-state index in [-0.39, 0.29) is 46.2 Å². The smallest absolute Gasteiger partial charge is 0.426 e. The molecule has 2 heterocycles. The van der Waals surface area contributed by atoms with Gasteiger partial charge < -0.3 is 14.8 Å². The van der Waals surface area contributed by atoms with Crippen LogP contribution in [0.2, 0.25) is 0 Å². The summed E-state index contributed by atoms with van der Waals surface area (Å²) < 4.78 is 89.0. The number of aryl methyl sites for hydroxylation is 1. The van der Waals surface area contributed by atoms with Gasteiger partial charge in [0, 0.05) is 17.7 Å². The van der Waals surface area contributed by atoms with Crippen LogP contribution in [0.3, 0.4) is 0 Å². The SMILES string of the molecule is CCOCc1ccc(C)cc1N1C(=O)CSC1=NC(=O)Nc1ccc(-c2ncn(-c3ccc(OC(F)(F)C(F)(F)F)cc3)n2)cc1F. The molecule has 3 aromatic carbocycles. The fourth-order valence-electron chi connectivity index (χ4n) is 4.28. The predicted molar refractivity (Wildman–Crippen MR) is 161 cm³/mol. The van der Waals surface area contributed by atoms with E-state index in [0.29, 0.717) is 12.3 Å². The molecule has 17 heteroatoms. The van der Waals surface area contributed by atoms with Crippen molar-refractivity contribution in [3.63, 3.8) is 0 Å². The van der Waals surface area contributed by atoms with Crippen LogP contribution in [0.25, 0.3) is 17.1 Å². The van der Waals surface area contributed by atoms with E-state index in [1.165, 1.54) is 40.2 Å². The molecule has 0 saturated carbocycles. The minimum absolute atomic E-state index is 0.0449. The molecular formula is C30H24F6N6O4S. The molecule has 1 aromatic heterocycles. The summed E-state index contributed by atoms with van der Waals surface area (Å²) in [5.41, 5.74) is 2.39. The maximum absolute atomic E-state index is 15.1. The minimum atomic E-state index is -5.89. The molecule has 47 heavy (non-hydrogen) atoms. The summed E-state index contributed by atoms with van der Waals surface area (Å²) >= 11 is 1.07. The fraction of sp³-hybridized carbons (Fsp3) is 0.233. The summed E-state index contributed by atoms with van der Waals surface area (Å²) in [5.74, 6) is -1.75. The Hall–Kier alpha value is -4.90. The molecule has 0 atom stereocenters. The number of hydrogen-bond acceptors (Lipinski definition) is 7. The van der Waals surface area contributed by atoms with Gasteiger partial charge in [0.2, 0.25) is 5.91 Å². The summed E-state index contributed by atoms with van der Waals surface area (Å²) in [4.78, 5) is 35.0. The van der Waals surface area contributed by atoms with Gasteiger partial charge in [-0.1, -0.05) is 23.9 Å². The van der Waals surface area contributed by atoms with Gasteiger partial charge in [-0.05, 0) is 67.9 Å². The number of halogens is 6. The van der Waals surface area contributed by atoms with Crippen LogP contribution in [0.4, 0.5) is 42.5 Å². The second-order valence-corrected chi connectivity index (χ2v) is 10.9. The first kappa shape index (κ1) is 33.5. The number of urea groups is 1. The lowest BCUT2D eigenvalue weighted by Crippen LogP contribution is -2.41. The quantitative estimate of drug-likeness (QED) is 0.188. The number of carbonyl (C=O) groups is 2. The Morgan fingerprint density at radius 2 is 1.81 bits per heavy atom. The minimum Gasteiger partial charge on any atom is -0.426 e. The van der Waals surface area contributed by atoms with Crippen LogP contribution in [0.1, 0.15) is 18.1 Å². The van der Waals surface area contributed by atoms with Crippen LogP contribution < -0.4 is 15.0 Å². The van der Waals surface area contributed by atoms with E-state index in [1.54, 1.807) is 6.07 Å². The molecule has 5 rings (SSSR count). The van der Waals surface area contributed by atoms with Gasteiger partial charge in [-0.2, -0.15) is 26.9 Å². The number of amidine groups is 1. The molecule has 1 aliphatic heterocycles. The maximum Gasteiger partial charge on any atom is 0.499 e. The first-order valence-corrected chi connectivity index (χ1v) is 14.7. The molecule has 0 aliphatic carbocycles. The third-order valence-electron chi connectivity index (χ3n) is 6.54. The number of rotatable bonds is 9. The monoisotopic (exact) mass is 678 g/mol. The lowest BCUT2D eigenvalue weighted by molar-refractivity contribution is -0.360. The third-order valence-corrected chi connectivity index (χ3v) is 7.47. The fourth-order valence-corrected chi connectivity index (χ4v) is 5.13. The predicted octanol–water partition coefficient (Wildman–Crippen LogP) is 7.12. The third kappa shape index (κ3) is 7.57. The number of benzene rings is 3. The summed E-state index contributed by atoms with van der Waals surface area (Å²) in [5, 5.41) is 6.67. The normalized spacial score (nSPS) is 14.6. The van der Waals surface area contributed by atoms with Crippen LogP contribution in [-0.2, 0) is 16.1 Å². The molecule has 3 amide bonds. The van der Waals surface area contributed by atoms with E-state index in [9.17, 15) is 31.5 Å². The van der Waals surface area contributed by atoms with Crippen molar-refractivity contribution in [2.24, 2.45) is 4.99 Å². The molecule has 10 nitrogen and oxygen atoms in total. The lowest BCUT2D eigenvalue weighted by Gasteiger charge is -2.20. The number of anilines is 2. The number of nitrogens with one attached hydrogen (secondary N) is 1. The zero-order chi connectivity index (χ0) is 33.9. The van der Waals surface area contributed by atoms with E-state index < -0.39 is 29.9 Å². The molecule has 0 radical (unpaired) electrons. The van der Waals surface area contributed by atoms with Gasteiger partial charge in [-0.3, -0.25) is 9.69 Å². The number of alkyl halides is 5. The number of ether oxygens (including phenoxy) is 2. The van der Waals surface area contributed by atoms with Crippen LogP contribution in [0, 0.1) is 12.7 Å². The zero-order valence-corrected chi connectivity index (χ0v) is 25.3. The molecule has 0 spiro atoms. The number of carbonyl (C=O) groups excluding carboxylic acids is 2. The maximum atomic E-state index is 15.1. The summed E-state index contributed by atoms with van der Waals surface area (Å²) in [7, 11) is 0. The second-order valence-electron chi connectivity index (χ2n) is 9.93. The average Bonchev–Trinajstić information content (AvgIpc) is 3.64. The topological polar surface area (TPSA) is 111 Å². The summed E-state index contributed by atoms with van der Waals surface area (Å²) in [6.07, 6.45) is -10.0. The number of amides is 3. The first-order valence-electron chi connectivity index (χ1n) is 13.7. The number of aliphatic imine (C=N–C) groups is 1. The molecule has 1 saturated heterocycles. The van der Waals surface area contributed by atoms with Crippen molar-refractivity contribution < 1.29 is 45.4 Å². The Balaban J connectivity index is 1.28. The first-order chi connectivity index (χ1) is 22.3. The largest absolute Gasteiger partial charge is 0.499 e. The molecule has 4 aromatic rings. The highest BCUT2D eigenvalue weighted by Crippen LogP contribution is 2.37. The molecule has 246 valence electrons. The van der Waals surface area contributed by atoms with Gasteiger partial charge in [-0.15, -0.1) is 5.10 Å².